The largest absolute Gasteiger partial charge is 0.434 e. The molecule has 2 aromatic rings. The highest BCUT2D eigenvalue weighted by molar-refractivity contribution is 6.17. The van der Waals surface area contributed by atoms with Crippen LogP contribution in [0.3, 0.4) is 0 Å². The summed E-state index contributed by atoms with van der Waals surface area (Å²) in [7, 11) is 0. The van der Waals surface area contributed by atoms with Crippen LogP contribution in [0.15, 0.2) is 47.7 Å². The number of halogens is 2. The topological polar surface area (TPSA) is 60.5 Å². The molecule has 2 N–H and O–H groups in total. The predicted molar refractivity (Wildman–Crippen MR) is 151 cm³/mol. The van der Waals surface area contributed by atoms with Crippen molar-refractivity contribution < 1.29 is 13.5 Å². The average molecular weight is 504 g/mol. The van der Waals surface area contributed by atoms with Crippen LogP contribution in [0, 0.1) is 12.8 Å². The first-order valence-corrected chi connectivity index (χ1v) is 13.3. The van der Waals surface area contributed by atoms with Gasteiger partial charge in [0.05, 0.1) is 12.3 Å². The molecule has 202 valence electrons. The van der Waals surface area contributed by atoms with Crippen molar-refractivity contribution in [2.75, 3.05) is 6.54 Å². The molecule has 0 radical (unpaired) electrons. The summed E-state index contributed by atoms with van der Waals surface area (Å²) in [5.41, 5.74) is 9.96. The fourth-order valence-corrected chi connectivity index (χ4v) is 3.49. The monoisotopic (exact) mass is 503 g/mol. The summed E-state index contributed by atoms with van der Waals surface area (Å²) in [6, 6.07) is 6.91. The maximum Gasteiger partial charge on any atom is 0.387 e. The lowest BCUT2D eigenvalue weighted by Crippen LogP contribution is -2.12. The third-order valence-corrected chi connectivity index (χ3v) is 5.19. The van der Waals surface area contributed by atoms with Crippen LogP contribution >= 0.6 is 0 Å². The van der Waals surface area contributed by atoms with Crippen molar-refractivity contribution in [3.63, 3.8) is 0 Å². The number of aromatic nitrogens is 1. The van der Waals surface area contributed by atoms with Gasteiger partial charge in [-0.25, -0.2) is 0 Å². The van der Waals surface area contributed by atoms with Crippen molar-refractivity contribution in [1.29, 1.82) is 0 Å². The zero-order valence-corrected chi connectivity index (χ0v) is 23.6. The third-order valence-electron chi connectivity index (χ3n) is 5.19. The first kappa shape index (κ1) is 33.2. The molecule has 1 aliphatic heterocycles. The van der Waals surface area contributed by atoms with E-state index >= 15 is 0 Å². The van der Waals surface area contributed by atoms with E-state index in [0.29, 0.717) is 23.5 Å². The molecule has 0 fully saturated rings. The summed E-state index contributed by atoms with van der Waals surface area (Å²) in [6.07, 6.45) is 12.1. The van der Waals surface area contributed by atoms with E-state index in [-0.39, 0.29) is 5.75 Å². The summed E-state index contributed by atoms with van der Waals surface area (Å²) in [6.45, 7) is 14.1. The Morgan fingerprint density at radius 1 is 0.972 bits per heavy atom. The number of fused-ring (bicyclic) bond motifs is 1. The standard InChI is InChI=1S/C17H15F2N3O.C9H20.2C2H6/c1-10-2-3-12(15(8-10)23-17(18)19)16-11-4-6-21-9-13(11)14(20)5-7-22-16;1-4-5-6-7-8-9(2)3;2*1-2/h2-6,8-9,17H,7,20H2,1H3;9H,4-8H2,1-3H3;2*1-2H3. The van der Waals surface area contributed by atoms with Crippen LogP contribution in [0.4, 0.5) is 8.78 Å². The van der Waals surface area contributed by atoms with Crippen molar-refractivity contribution in [3.8, 4) is 5.75 Å². The third kappa shape index (κ3) is 11.8. The van der Waals surface area contributed by atoms with Crippen molar-refractivity contribution in [2.45, 2.75) is 94.1 Å². The van der Waals surface area contributed by atoms with E-state index in [2.05, 4.69) is 35.5 Å². The number of nitrogens with two attached hydrogens (primary N) is 1. The number of hydrogen-bond donors (Lipinski definition) is 1. The molecule has 3 rings (SSSR count). The van der Waals surface area contributed by atoms with E-state index in [0.717, 1.165) is 22.6 Å². The fraction of sp³-hybridized carbons (Fsp3) is 0.533. The van der Waals surface area contributed by atoms with Crippen molar-refractivity contribution >= 4 is 11.4 Å². The van der Waals surface area contributed by atoms with Gasteiger partial charge >= 0.3 is 6.61 Å². The maximum atomic E-state index is 12.7. The van der Waals surface area contributed by atoms with Crippen LogP contribution in [-0.4, -0.2) is 23.9 Å². The number of rotatable bonds is 8. The molecule has 4 nitrogen and oxygen atoms in total. The molecule has 0 atom stereocenters. The molecule has 0 saturated heterocycles. The van der Waals surface area contributed by atoms with Gasteiger partial charge in [0.15, 0.2) is 0 Å². The second kappa shape index (κ2) is 19.4. The number of benzene rings is 1. The van der Waals surface area contributed by atoms with Gasteiger partial charge in [0.1, 0.15) is 5.75 Å². The quantitative estimate of drug-likeness (QED) is 0.366. The lowest BCUT2D eigenvalue weighted by molar-refractivity contribution is -0.0499. The summed E-state index contributed by atoms with van der Waals surface area (Å²) < 4.78 is 30.2. The highest BCUT2D eigenvalue weighted by Gasteiger charge is 2.20. The van der Waals surface area contributed by atoms with Gasteiger partial charge in [-0.05, 0) is 42.7 Å². The summed E-state index contributed by atoms with van der Waals surface area (Å²) >= 11 is 0. The summed E-state index contributed by atoms with van der Waals surface area (Å²) in [5.74, 6) is 1.00. The zero-order chi connectivity index (χ0) is 27.5. The maximum absolute atomic E-state index is 12.7. The molecular weight excluding hydrogens is 456 g/mol. The predicted octanol–water partition coefficient (Wildman–Crippen LogP) is 8.81. The average Bonchev–Trinajstić information content (AvgIpc) is 3.03. The number of ether oxygens (including phenoxy) is 1. The Bertz CT molecular complexity index is 924. The Balaban J connectivity index is 0.000000797. The van der Waals surface area contributed by atoms with Gasteiger partial charge in [-0.15, -0.1) is 0 Å². The fourth-order valence-electron chi connectivity index (χ4n) is 3.49. The summed E-state index contributed by atoms with van der Waals surface area (Å²) in [4.78, 5) is 8.57. The Morgan fingerprint density at radius 2 is 1.67 bits per heavy atom. The molecular formula is C30H47F2N3O. The molecule has 1 aromatic carbocycles. The smallest absolute Gasteiger partial charge is 0.387 e. The minimum Gasteiger partial charge on any atom is -0.434 e. The van der Waals surface area contributed by atoms with Crippen molar-refractivity contribution in [1.82, 2.24) is 4.98 Å². The molecule has 0 saturated carbocycles. The number of unbranched alkanes of at least 4 members (excludes halogenated alkanes) is 3. The van der Waals surface area contributed by atoms with Crippen LogP contribution in [0.25, 0.3) is 5.70 Å². The van der Waals surface area contributed by atoms with Gasteiger partial charge in [0.2, 0.25) is 0 Å². The van der Waals surface area contributed by atoms with E-state index in [1.54, 1.807) is 36.7 Å². The minimum atomic E-state index is -2.90. The summed E-state index contributed by atoms with van der Waals surface area (Å²) in [5, 5.41) is 0. The highest BCUT2D eigenvalue weighted by atomic mass is 19.3. The molecule has 0 bridgehead atoms. The van der Waals surface area contributed by atoms with Crippen LogP contribution in [0.5, 0.6) is 5.75 Å². The second-order valence-electron chi connectivity index (χ2n) is 8.39. The van der Waals surface area contributed by atoms with Gasteiger partial charge in [-0.3, -0.25) is 9.98 Å². The molecule has 1 aliphatic rings. The van der Waals surface area contributed by atoms with E-state index in [1.807, 2.05) is 40.7 Å². The van der Waals surface area contributed by atoms with E-state index in [4.69, 9.17) is 5.73 Å². The first-order valence-electron chi connectivity index (χ1n) is 13.3. The van der Waals surface area contributed by atoms with Crippen LogP contribution in [0.1, 0.15) is 103 Å². The molecule has 0 aliphatic carbocycles. The Labute approximate surface area is 218 Å². The molecule has 1 aromatic heterocycles. The molecule has 0 amide bonds. The number of pyridine rings is 1. The lowest BCUT2D eigenvalue weighted by Gasteiger charge is -2.15. The second-order valence-corrected chi connectivity index (χ2v) is 8.39. The van der Waals surface area contributed by atoms with Gasteiger partial charge < -0.3 is 10.5 Å². The van der Waals surface area contributed by atoms with Crippen molar-refractivity contribution in [2.24, 2.45) is 16.6 Å². The van der Waals surface area contributed by atoms with Crippen molar-refractivity contribution in [3.05, 3.63) is 65.0 Å². The van der Waals surface area contributed by atoms with Gasteiger partial charge in [-0.2, -0.15) is 8.78 Å². The van der Waals surface area contributed by atoms with Crippen LogP contribution < -0.4 is 10.5 Å². The zero-order valence-electron chi connectivity index (χ0n) is 23.6. The Kier molecular flexibility index (Phi) is 17.9. The van der Waals surface area contributed by atoms with Gasteiger partial charge in [0.25, 0.3) is 0 Å². The van der Waals surface area contributed by atoms with Crippen LogP contribution in [-0.2, 0) is 0 Å². The minimum absolute atomic E-state index is 0.0991. The van der Waals surface area contributed by atoms with Gasteiger partial charge in [-0.1, -0.05) is 86.6 Å². The number of aryl methyl sites for hydroxylation is 1. The number of nitrogens with zero attached hydrogens (tertiary/aromatic N) is 2. The Hall–Kier alpha value is -2.76. The number of hydrogen-bond acceptors (Lipinski definition) is 4. The number of alkyl halides is 2. The molecule has 36 heavy (non-hydrogen) atoms. The van der Waals surface area contributed by atoms with E-state index in [9.17, 15) is 8.78 Å². The molecule has 0 spiro atoms. The first-order chi connectivity index (χ1) is 17.3. The van der Waals surface area contributed by atoms with E-state index < -0.39 is 6.61 Å². The highest BCUT2D eigenvalue weighted by Crippen LogP contribution is 2.29. The van der Waals surface area contributed by atoms with Gasteiger partial charge in [0, 0.05) is 34.8 Å². The normalized spacial score (nSPS) is 11.9. The van der Waals surface area contributed by atoms with E-state index in [1.165, 1.54) is 32.1 Å². The molecule has 6 heteroatoms. The SMILES string of the molecule is CC.CC.CCCCCCC(C)C.Cc1ccc(C2=NCC=C(N)c3cnccc32)c(OC(F)F)c1. The lowest BCUT2D eigenvalue weighted by atomic mass is 9.96. The molecule has 2 heterocycles. The molecule has 0 unspecified atom stereocenters. The number of aliphatic imine (C=N–C) groups is 1. The van der Waals surface area contributed by atoms with Crippen LogP contribution in [0.2, 0.25) is 0 Å². The Morgan fingerprint density at radius 3 is 2.28 bits per heavy atom.